The number of rotatable bonds is 8. The highest BCUT2D eigenvalue weighted by atomic mass is 35.5. The van der Waals surface area contributed by atoms with Gasteiger partial charge in [-0.2, -0.15) is 5.10 Å². The molecule has 176 valence electrons. The molecule has 0 bridgehead atoms. The van der Waals surface area contributed by atoms with Gasteiger partial charge in [-0.15, -0.1) is 0 Å². The topological polar surface area (TPSA) is 89.0 Å². The van der Waals surface area contributed by atoms with Crippen LogP contribution in [-0.4, -0.2) is 24.6 Å². The summed E-state index contributed by atoms with van der Waals surface area (Å²) in [6.07, 6.45) is 1.40. The molecule has 3 aromatic carbocycles. The highest BCUT2D eigenvalue weighted by Crippen LogP contribution is 2.29. The molecule has 0 unspecified atom stereocenters. The first-order chi connectivity index (χ1) is 16.4. The molecule has 0 saturated heterocycles. The van der Waals surface area contributed by atoms with Gasteiger partial charge in [-0.3, -0.25) is 9.59 Å². The van der Waals surface area contributed by atoms with Crippen molar-refractivity contribution in [3.05, 3.63) is 87.4 Å². The lowest BCUT2D eigenvalue weighted by Crippen LogP contribution is -2.32. The fraction of sp³-hybridized carbons (Fsp3) is 0.160. The molecule has 9 heteroatoms. The molecule has 3 aromatic rings. The van der Waals surface area contributed by atoms with Crippen molar-refractivity contribution < 1.29 is 19.1 Å². The maximum atomic E-state index is 12.1. The van der Waals surface area contributed by atoms with Gasteiger partial charge in [-0.25, -0.2) is 5.43 Å². The van der Waals surface area contributed by atoms with Crippen LogP contribution in [0, 0.1) is 6.92 Å². The summed E-state index contributed by atoms with van der Waals surface area (Å²) < 4.78 is 11.5. The summed E-state index contributed by atoms with van der Waals surface area (Å²) in [6.45, 7) is 4.46. The van der Waals surface area contributed by atoms with Gasteiger partial charge in [0.05, 0.1) is 12.8 Å². The molecule has 2 N–H and O–H groups in total. The molecule has 0 aromatic heterocycles. The molecule has 34 heavy (non-hydrogen) atoms. The SMILES string of the molecule is CCOc1cc(/C=N/NC(=O)C(=O)Nc2ccc(C)c(Cl)c2)ccc1OCc1cccc(Cl)c1. The van der Waals surface area contributed by atoms with Crippen LogP contribution >= 0.6 is 23.2 Å². The number of carbonyl (C=O) groups excluding carboxylic acids is 2. The minimum Gasteiger partial charge on any atom is -0.490 e. The van der Waals surface area contributed by atoms with Gasteiger partial charge < -0.3 is 14.8 Å². The molecule has 0 atom stereocenters. The summed E-state index contributed by atoms with van der Waals surface area (Å²) >= 11 is 12.0. The molecular weight excluding hydrogens is 477 g/mol. The fourth-order valence-corrected chi connectivity index (χ4v) is 3.25. The van der Waals surface area contributed by atoms with Crippen molar-refractivity contribution in [2.75, 3.05) is 11.9 Å². The second kappa shape index (κ2) is 12.1. The van der Waals surface area contributed by atoms with Gasteiger partial charge in [0.15, 0.2) is 11.5 Å². The van der Waals surface area contributed by atoms with Crippen LogP contribution in [0.3, 0.4) is 0 Å². The third-order valence-electron chi connectivity index (χ3n) is 4.57. The van der Waals surface area contributed by atoms with Gasteiger partial charge >= 0.3 is 11.8 Å². The molecule has 0 spiro atoms. The predicted molar refractivity (Wildman–Crippen MR) is 134 cm³/mol. The van der Waals surface area contributed by atoms with Gasteiger partial charge in [0.25, 0.3) is 0 Å². The van der Waals surface area contributed by atoms with Crippen LogP contribution in [0.5, 0.6) is 11.5 Å². The molecule has 0 radical (unpaired) electrons. The van der Waals surface area contributed by atoms with Gasteiger partial charge in [0.1, 0.15) is 6.61 Å². The Hall–Kier alpha value is -3.55. The van der Waals surface area contributed by atoms with E-state index in [2.05, 4.69) is 15.8 Å². The van der Waals surface area contributed by atoms with E-state index in [0.717, 1.165) is 11.1 Å². The average Bonchev–Trinajstić information content (AvgIpc) is 2.81. The Morgan fingerprint density at radius 3 is 2.53 bits per heavy atom. The number of hydrazone groups is 1. The van der Waals surface area contributed by atoms with E-state index in [0.29, 0.717) is 46.0 Å². The first kappa shape index (κ1) is 25.1. The predicted octanol–water partition coefficient (Wildman–Crippen LogP) is 5.37. The Balaban J connectivity index is 1.59. The van der Waals surface area contributed by atoms with Crippen molar-refractivity contribution in [1.82, 2.24) is 5.43 Å². The van der Waals surface area contributed by atoms with Crippen LogP contribution in [-0.2, 0) is 16.2 Å². The monoisotopic (exact) mass is 499 g/mol. The van der Waals surface area contributed by atoms with Crippen LogP contribution in [0.4, 0.5) is 5.69 Å². The van der Waals surface area contributed by atoms with E-state index in [1.165, 1.54) is 6.21 Å². The number of aryl methyl sites for hydroxylation is 1. The molecule has 3 rings (SSSR count). The molecule has 0 heterocycles. The Kier molecular flexibility index (Phi) is 8.90. The first-order valence-corrected chi connectivity index (χ1v) is 11.2. The number of carbonyl (C=O) groups is 2. The van der Waals surface area contributed by atoms with E-state index in [1.54, 1.807) is 42.5 Å². The lowest BCUT2D eigenvalue weighted by Gasteiger charge is -2.12. The maximum absolute atomic E-state index is 12.1. The number of ether oxygens (including phenoxy) is 2. The Morgan fingerprint density at radius 1 is 0.971 bits per heavy atom. The van der Waals surface area contributed by atoms with Gasteiger partial charge in [-0.1, -0.05) is 41.4 Å². The second-order valence-corrected chi connectivity index (χ2v) is 8.02. The van der Waals surface area contributed by atoms with Crippen molar-refractivity contribution in [3.63, 3.8) is 0 Å². The van der Waals surface area contributed by atoms with E-state index in [1.807, 2.05) is 32.0 Å². The van der Waals surface area contributed by atoms with Crippen molar-refractivity contribution in [3.8, 4) is 11.5 Å². The van der Waals surface area contributed by atoms with Gasteiger partial charge in [0.2, 0.25) is 0 Å². The van der Waals surface area contributed by atoms with Crippen molar-refractivity contribution in [2.24, 2.45) is 5.10 Å². The van der Waals surface area contributed by atoms with Crippen LogP contribution in [0.25, 0.3) is 0 Å². The number of nitrogens with one attached hydrogen (secondary N) is 2. The van der Waals surface area contributed by atoms with E-state index in [9.17, 15) is 9.59 Å². The maximum Gasteiger partial charge on any atom is 0.329 e. The van der Waals surface area contributed by atoms with Gasteiger partial charge in [0, 0.05) is 15.7 Å². The normalized spacial score (nSPS) is 10.7. The number of benzene rings is 3. The van der Waals surface area contributed by atoms with Crippen molar-refractivity contribution >= 4 is 46.9 Å². The Labute approximate surface area is 207 Å². The molecule has 0 fully saturated rings. The van der Waals surface area contributed by atoms with Crippen LogP contribution in [0.1, 0.15) is 23.6 Å². The Bertz CT molecular complexity index is 1210. The largest absolute Gasteiger partial charge is 0.490 e. The molecule has 0 saturated carbocycles. The van der Waals surface area contributed by atoms with Crippen molar-refractivity contribution in [1.29, 1.82) is 0 Å². The first-order valence-electron chi connectivity index (χ1n) is 10.4. The summed E-state index contributed by atoms with van der Waals surface area (Å²) in [5.74, 6) is -0.704. The van der Waals surface area contributed by atoms with Crippen LogP contribution in [0.15, 0.2) is 65.8 Å². The molecule has 0 aliphatic heterocycles. The summed E-state index contributed by atoms with van der Waals surface area (Å²) in [6, 6.07) is 17.6. The van der Waals surface area contributed by atoms with E-state index >= 15 is 0 Å². The third-order valence-corrected chi connectivity index (χ3v) is 5.21. The van der Waals surface area contributed by atoms with E-state index in [-0.39, 0.29) is 0 Å². The van der Waals surface area contributed by atoms with Crippen molar-refractivity contribution in [2.45, 2.75) is 20.5 Å². The summed E-state index contributed by atoms with van der Waals surface area (Å²) in [4.78, 5) is 24.1. The highest BCUT2D eigenvalue weighted by molar-refractivity contribution is 6.39. The zero-order chi connectivity index (χ0) is 24.5. The lowest BCUT2D eigenvalue weighted by atomic mass is 10.2. The standard InChI is InChI=1S/C25H23Cl2N3O4/c1-3-33-23-12-17(8-10-22(23)34-15-18-5-4-6-19(26)11-18)14-28-30-25(32)24(31)29-20-9-7-16(2)21(27)13-20/h4-14H,3,15H2,1-2H3,(H,29,31)(H,30,32)/b28-14+. The molecule has 2 amide bonds. The summed E-state index contributed by atoms with van der Waals surface area (Å²) in [5, 5.41) is 7.44. The van der Waals surface area contributed by atoms with Gasteiger partial charge in [-0.05, 0) is 73.0 Å². The number of anilines is 1. The third kappa shape index (κ3) is 7.23. The minimum atomic E-state index is -0.917. The fourth-order valence-electron chi connectivity index (χ4n) is 2.86. The second-order valence-electron chi connectivity index (χ2n) is 7.17. The molecule has 0 aliphatic rings. The van der Waals surface area contributed by atoms with E-state index < -0.39 is 11.8 Å². The average molecular weight is 500 g/mol. The lowest BCUT2D eigenvalue weighted by molar-refractivity contribution is -0.136. The quantitative estimate of drug-likeness (QED) is 0.247. The zero-order valence-electron chi connectivity index (χ0n) is 18.6. The number of hydrogen-bond donors (Lipinski definition) is 2. The molecule has 7 nitrogen and oxygen atoms in total. The minimum absolute atomic E-state index is 0.325. The van der Waals surface area contributed by atoms with E-state index in [4.69, 9.17) is 32.7 Å². The van der Waals surface area contributed by atoms with Crippen LogP contribution < -0.4 is 20.2 Å². The number of hydrogen-bond acceptors (Lipinski definition) is 5. The zero-order valence-corrected chi connectivity index (χ0v) is 20.1. The Morgan fingerprint density at radius 2 is 1.79 bits per heavy atom. The summed E-state index contributed by atoms with van der Waals surface area (Å²) in [5.41, 5.74) is 5.04. The number of halogens is 2. The highest BCUT2D eigenvalue weighted by Gasteiger charge is 2.13. The molecular formula is C25H23Cl2N3O4. The number of nitrogens with zero attached hydrogens (tertiary/aromatic N) is 1. The molecule has 0 aliphatic carbocycles. The van der Waals surface area contributed by atoms with Crippen LogP contribution in [0.2, 0.25) is 10.0 Å². The summed E-state index contributed by atoms with van der Waals surface area (Å²) in [7, 11) is 0. The smallest absolute Gasteiger partial charge is 0.329 e. The number of amides is 2.